The summed E-state index contributed by atoms with van der Waals surface area (Å²) in [5.41, 5.74) is 0. The van der Waals surface area contributed by atoms with Crippen LogP contribution in [0.25, 0.3) is 0 Å². The molecule has 2 heterocycles. The van der Waals surface area contributed by atoms with Gasteiger partial charge in [0.2, 0.25) is 0 Å². The van der Waals surface area contributed by atoms with Crippen molar-refractivity contribution >= 4 is 26.5 Å². The van der Waals surface area contributed by atoms with E-state index in [1.807, 2.05) is 6.92 Å². The highest BCUT2D eigenvalue weighted by Crippen LogP contribution is 2.20. The van der Waals surface area contributed by atoms with Crippen LogP contribution in [-0.4, -0.2) is 34.7 Å². The van der Waals surface area contributed by atoms with Crippen molar-refractivity contribution < 1.29 is 13.5 Å². The summed E-state index contributed by atoms with van der Waals surface area (Å²) in [6.07, 6.45) is 4.77. The van der Waals surface area contributed by atoms with Gasteiger partial charge >= 0.3 is 0 Å². The maximum atomic E-state index is 12.1. The summed E-state index contributed by atoms with van der Waals surface area (Å²) in [5.74, 6) is 5.54. The topological polar surface area (TPSA) is 97.1 Å². The van der Waals surface area contributed by atoms with E-state index in [0.29, 0.717) is 17.8 Å². The first-order valence-electron chi connectivity index (χ1n) is 6.15. The highest BCUT2D eigenvalue weighted by Gasteiger charge is 2.18. The van der Waals surface area contributed by atoms with Crippen molar-refractivity contribution in [3.05, 3.63) is 23.6 Å². The number of thiazole rings is 1. The molecule has 0 aliphatic carbocycles. The van der Waals surface area contributed by atoms with Crippen molar-refractivity contribution in [3.8, 4) is 11.8 Å². The number of hydrogen-bond acceptors (Lipinski definition) is 6. The molecule has 0 aliphatic rings. The largest absolute Gasteiger partial charge is 0.395 e. The predicted molar refractivity (Wildman–Crippen MR) is 79.4 cm³/mol. The van der Waals surface area contributed by atoms with E-state index in [-0.39, 0.29) is 16.8 Å². The molecule has 0 aliphatic heterocycles. The van der Waals surface area contributed by atoms with Gasteiger partial charge in [0.1, 0.15) is 0 Å². The number of nitrogens with one attached hydrogen (secondary N) is 1. The highest BCUT2D eigenvalue weighted by atomic mass is 32.2. The van der Waals surface area contributed by atoms with Gasteiger partial charge in [0, 0.05) is 19.2 Å². The van der Waals surface area contributed by atoms with Gasteiger partial charge in [0.25, 0.3) is 10.0 Å². The molecule has 2 N–H and O–H groups in total. The van der Waals surface area contributed by atoms with Gasteiger partial charge in [-0.15, -0.1) is 0 Å². The quantitative estimate of drug-likeness (QED) is 0.796. The second kappa shape index (κ2) is 6.71. The van der Waals surface area contributed by atoms with Crippen molar-refractivity contribution in [2.45, 2.75) is 24.9 Å². The minimum Gasteiger partial charge on any atom is -0.395 e. The van der Waals surface area contributed by atoms with Gasteiger partial charge in [-0.25, -0.2) is 9.97 Å². The number of aliphatic hydroxyl groups is 1. The first-order valence-corrected chi connectivity index (χ1v) is 8.45. The third-order valence-electron chi connectivity index (χ3n) is 2.43. The Labute approximate surface area is 126 Å². The van der Waals surface area contributed by atoms with E-state index in [0.717, 1.165) is 11.3 Å². The minimum atomic E-state index is -3.74. The number of aromatic nitrogens is 3. The van der Waals surface area contributed by atoms with Crippen LogP contribution in [0.1, 0.15) is 18.2 Å². The Hall–Kier alpha value is -1.89. The monoisotopic (exact) mass is 326 g/mol. The van der Waals surface area contributed by atoms with Crippen LogP contribution >= 0.6 is 11.3 Å². The maximum absolute atomic E-state index is 12.1. The molecule has 0 atom stereocenters. The molecule has 0 amide bonds. The van der Waals surface area contributed by atoms with Crippen molar-refractivity contribution in [2.24, 2.45) is 0 Å². The normalized spacial score (nSPS) is 11.0. The zero-order valence-electron chi connectivity index (χ0n) is 11.3. The Balaban J connectivity index is 2.12. The van der Waals surface area contributed by atoms with Crippen LogP contribution in [0, 0.1) is 11.8 Å². The molecule has 2 aromatic heterocycles. The van der Waals surface area contributed by atoms with E-state index in [2.05, 4.69) is 26.5 Å². The van der Waals surface area contributed by atoms with E-state index in [1.54, 1.807) is 4.57 Å². The number of nitrogens with zero attached hydrogens (tertiary/aromatic N) is 3. The molecule has 0 saturated carbocycles. The van der Waals surface area contributed by atoms with Gasteiger partial charge in [0.15, 0.2) is 10.2 Å². The third-order valence-corrected chi connectivity index (χ3v) is 4.61. The second-order valence-corrected chi connectivity index (χ2v) is 6.61. The summed E-state index contributed by atoms with van der Waals surface area (Å²) in [6.45, 7) is 2.53. The van der Waals surface area contributed by atoms with Gasteiger partial charge in [0.05, 0.1) is 24.0 Å². The Bertz CT molecular complexity index is 768. The van der Waals surface area contributed by atoms with E-state index >= 15 is 0 Å². The van der Waals surface area contributed by atoms with Crippen LogP contribution in [0.5, 0.6) is 0 Å². The van der Waals surface area contributed by atoms with E-state index in [1.165, 1.54) is 18.7 Å². The minimum absolute atomic E-state index is 0.00855. The first kappa shape index (κ1) is 15.5. The molecule has 2 aromatic rings. The Kier molecular flexibility index (Phi) is 4.95. The summed E-state index contributed by atoms with van der Waals surface area (Å²) in [5, 5.41) is 8.82. The molecule has 0 saturated heterocycles. The van der Waals surface area contributed by atoms with Crippen LogP contribution in [-0.2, 0) is 16.6 Å². The number of rotatable bonds is 5. The van der Waals surface area contributed by atoms with Crippen molar-refractivity contribution in [2.75, 3.05) is 11.3 Å². The lowest BCUT2D eigenvalue weighted by molar-refractivity contribution is 0.305. The fourth-order valence-electron chi connectivity index (χ4n) is 1.40. The molecule has 0 unspecified atom stereocenters. The average molecular weight is 326 g/mol. The maximum Gasteiger partial charge on any atom is 0.282 e. The number of anilines is 1. The highest BCUT2D eigenvalue weighted by molar-refractivity contribution is 7.92. The molecule has 112 valence electrons. The molecule has 0 radical (unpaired) electrons. The van der Waals surface area contributed by atoms with Gasteiger partial charge in [-0.1, -0.05) is 23.2 Å². The van der Waals surface area contributed by atoms with Gasteiger partial charge in [-0.3, -0.25) is 4.72 Å². The van der Waals surface area contributed by atoms with Crippen LogP contribution in [0.3, 0.4) is 0 Å². The van der Waals surface area contributed by atoms with Gasteiger partial charge < -0.3 is 9.67 Å². The van der Waals surface area contributed by atoms with Crippen LogP contribution in [0.15, 0.2) is 23.7 Å². The third kappa shape index (κ3) is 4.04. The number of sulfonamides is 1. The van der Waals surface area contributed by atoms with E-state index in [9.17, 15) is 8.42 Å². The predicted octanol–water partition coefficient (Wildman–Crippen LogP) is 0.894. The van der Waals surface area contributed by atoms with E-state index in [4.69, 9.17) is 5.11 Å². The number of imidazole rings is 1. The van der Waals surface area contributed by atoms with Crippen molar-refractivity contribution in [3.63, 3.8) is 0 Å². The fourth-order valence-corrected chi connectivity index (χ4v) is 3.29. The Morgan fingerprint density at radius 2 is 2.29 bits per heavy atom. The zero-order valence-corrected chi connectivity index (χ0v) is 12.9. The molecule has 2 rings (SSSR count). The lowest BCUT2D eigenvalue weighted by Gasteiger charge is -2.00. The zero-order chi connectivity index (χ0) is 15.3. The van der Waals surface area contributed by atoms with Crippen LogP contribution in [0.4, 0.5) is 5.13 Å². The smallest absolute Gasteiger partial charge is 0.282 e. The van der Waals surface area contributed by atoms with Crippen LogP contribution in [0.2, 0.25) is 0 Å². The average Bonchev–Trinajstić information content (AvgIpc) is 3.08. The Morgan fingerprint density at radius 3 is 2.95 bits per heavy atom. The summed E-state index contributed by atoms with van der Waals surface area (Å²) in [4.78, 5) is 8.44. The number of aliphatic hydroxyl groups excluding tert-OH is 1. The van der Waals surface area contributed by atoms with Crippen molar-refractivity contribution in [1.29, 1.82) is 0 Å². The van der Waals surface area contributed by atoms with Gasteiger partial charge in [-0.2, -0.15) is 8.42 Å². The van der Waals surface area contributed by atoms with Gasteiger partial charge in [-0.05, 0) is 6.92 Å². The molecule has 0 fully saturated rings. The summed E-state index contributed by atoms with van der Waals surface area (Å²) in [6, 6.07) is 0. The summed E-state index contributed by atoms with van der Waals surface area (Å²) in [7, 11) is -3.74. The fraction of sp³-hybridized carbons (Fsp3) is 0.333. The van der Waals surface area contributed by atoms with Crippen LogP contribution < -0.4 is 4.72 Å². The summed E-state index contributed by atoms with van der Waals surface area (Å²) < 4.78 is 28.3. The molecular formula is C12H14N4O3S2. The Morgan fingerprint density at radius 1 is 1.48 bits per heavy atom. The molecule has 21 heavy (non-hydrogen) atoms. The number of aryl methyl sites for hydroxylation is 1. The lowest BCUT2D eigenvalue weighted by Crippen LogP contribution is -2.13. The SMILES string of the molecule is CCn1cnc(S(=O)(=O)Nc2ncc(C#CCCO)s2)c1. The molecule has 0 bridgehead atoms. The molecule has 7 nitrogen and oxygen atoms in total. The lowest BCUT2D eigenvalue weighted by atomic mass is 10.4. The number of hydrogen-bond donors (Lipinski definition) is 2. The standard InChI is InChI=1S/C12H14N4O3S2/c1-2-16-8-11(14-9-16)21(18,19)15-12-13-7-10(20-12)5-3-4-6-17/h7-9,17H,2,4,6H2,1H3,(H,13,15). The molecule has 0 spiro atoms. The van der Waals surface area contributed by atoms with E-state index < -0.39 is 10.0 Å². The molecular weight excluding hydrogens is 312 g/mol. The second-order valence-electron chi connectivity index (χ2n) is 3.95. The summed E-state index contributed by atoms with van der Waals surface area (Å²) >= 11 is 1.13. The first-order chi connectivity index (χ1) is 10.0. The molecule has 9 heteroatoms. The van der Waals surface area contributed by atoms with Crippen molar-refractivity contribution in [1.82, 2.24) is 14.5 Å². The molecule has 0 aromatic carbocycles.